The summed E-state index contributed by atoms with van der Waals surface area (Å²) in [6, 6.07) is 42.9. The number of carbonyl (C=O) groups is 1. The summed E-state index contributed by atoms with van der Waals surface area (Å²) in [5.74, 6) is 0.519. The normalized spacial score (nSPS) is 16.4. The molecule has 1 amide bonds. The summed E-state index contributed by atoms with van der Waals surface area (Å²) >= 11 is 3.53. The van der Waals surface area contributed by atoms with Gasteiger partial charge in [-0.3, -0.25) is 10.2 Å². The maximum atomic E-state index is 14.9. The van der Waals surface area contributed by atoms with Crippen molar-refractivity contribution in [1.29, 1.82) is 0 Å². The Morgan fingerprint density at radius 1 is 0.923 bits per heavy atom. The van der Waals surface area contributed by atoms with Crippen LogP contribution < -0.4 is 15.6 Å². The number of rotatable bonds is 16. The van der Waals surface area contributed by atoms with Crippen LogP contribution in [-0.4, -0.2) is 42.2 Å². The summed E-state index contributed by atoms with van der Waals surface area (Å²) in [6.45, 7) is 0.922. The van der Waals surface area contributed by atoms with Crippen molar-refractivity contribution in [1.82, 2.24) is 10.9 Å². The van der Waals surface area contributed by atoms with Crippen molar-refractivity contribution in [2.75, 3.05) is 19.8 Å². The molecule has 0 bridgehead atoms. The lowest BCUT2D eigenvalue weighted by atomic mass is 9.80. The van der Waals surface area contributed by atoms with E-state index in [2.05, 4.69) is 61.1 Å². The molecule has 264 valence electrons. The quantitative estimate of drug-likeness (QED) is 0.0308. The van der Waals surface area contributed by atoms with Crippen LogP contribution in [-0.2, 0) is 22.5 Å². The molecule has 0 unspecified atom stereocenters. The van der Waals surface area contributed by atoms with Crippen LogP contribution in [0.4, 0.5) is 0 Å². The minimum Gasteiger partial charge on any atom is -0.494 e. The number of hydrazine groups is 1. The Kier molecular flexibility index (Phi) is 12.3. The second kappa shape index (κ2) is 17.7. The second-order valence-corrected chi connectivity index (χ2v) is 13.3. The number of hydrogen-bond donors (Lipinski definition) is 3. The van der Waals surface area contributed by atoms with Crippen LogP contribution in [0.25, 0.3) is 10.4 Å². The molecule has 11 heteroatoms. The van der Waals surface area contributed by atoms with Gasteiger partial charge in [-0.25, -0.2) is 10.4 Å². The van der Waals surface area contributed by atoms with Crippen molar-refractivity contribution in [2.45, 2.75) is 36.9 Å². The third-order valence-electron chi connectivity index (χ3n) is 8.97. The van der Waals surface area contributed by atoms with Crippen LogP contribution in [0.5, 0.6) is 5.75 Å². The lowest BCUT2D eigenvalue weighted by molar-refractivity contribution is -0.130. The minimum atomic E-state index is -1.48. The smallest absolute Gasteiger partial charge is 0.266 e. The summed E-state index contributed by atoms with van der Waals surface area (Å²) < 4.78 is 13.4. The van der Waals surface area contributed by atoms with Gasteiger partial charge in [0.25, 0.3) is 5.91 Å². The van der Waals surface area contributed by atoms with E-state index in [-0.39, 0.29) is 31.4 Å². The molecule has 0 fully saturated rings. The van der Waals surface area contributed by atoms with Gasteiger partial charge in [0.05, 0.1) is 13.2 Å². The first-order chi connectivity index (χ1) is 25.5. The zero-order valence-electron chi connectivity index (χ0n) is 28.4. The molecule has 6 rings (SSSR count). The Bertz CT molecular complexity index is 1970. The van der Waals surface area contributed by atoms with Crippen LogP contribution in [0.2, 0.25) is 0 Å². The highest BCUT2D eigenvalue weighted by atomic mass is 79.9. The van der Waals surface area contributed by atoms with Gasteiger partial charge in [-0.1, -0.05) is 118 Å². The zero-order chi connectivity index (χ0) is 36.2. The first kappa shape index (κ1) is 36.3. The van der Waals surface area contributed by atoms with Crippen molar-refractivity contribution < 1.29 is 19.4 Å². The number of aliphatic hydroxyl groups is 1. The third-order valence-corrected chi connectivity index (χ3v) is 9.50. The summed E-state index contributed by atoms with van der Waals surface area (Å²) in [6.07, 6.45) is -0.146. The van der Waals surface area contributed by atoms with Gasteiger partial charge in [0.2, 0.25) is 5.90 Å². The van der Waals surface area contributed by atoms with Crippen molar-refractivity contribution in [3.63, 3.8) is 0 Å². The number of benzene rings is 5. The molecular formula is C41H39BrN6O4. The Morgan fingerprint density at radius 2 is 1.58 bits per heavy atom. The van der Waals surface area contributed by atoms with Gasteiger partial charge < -0.3 is 14.6 Å². The summed E-state index contributed by atoms with van der Waals surface area (Å²) in [7, 11) is 0. The average Bonchev–Trinajstić information content (AvgIpc) is 3.57. The lowest BCUT2D eigenvalue weighted by Crippen LogP contribution is -2.54. The van der Waals surface area contributed by atoms with E-state index in [0.717, 1.165) is 26.7 Å². The van der Waals surface area contributed by atoms with E-state index < -0.39 is 11.6 Å². The monoisotopic (exact) mass is 758 g/mol. The predicted molar refractivity (Wildman–Crippen MR) is 205 cm³/mol. The molecule has 3 N–H and O–H groups in total. The Balaban J connectivity index is 1.39. The van der Waals surface area contributed by atoms with Gasteiger partial charge in [-0.15, -0.1) is 0 Å². The molecule has 1 aliphatic heterocycles. The molecular weight excluding hydrogens is 720 g/mol. The number of amides is 1. The number of azide groups is 1. The summed E-state index contributed by atoms with van der Waals surface area (Å²) in [5, 5.41) is 13.0. The number of aliphatic imine (C=N–C) groups is 1. The number of hydrogen-bond acceptors (Lipinski definition) is 7. The van der Waals surface area contributed by atoms with Gasteiger partial charge in [-0.05, 0) is 69.7 Å². The molecule has 0 aliphatic carbocycles. The highest BCUT2D eigenvalue weighted by molar-refractivity contribution is 9.10. The molecule has 1 heterocycles. The van der Waals surface area contributed by atoms with Gasteiger partial charge in [0.15, 0.2) is 11.6 Å². The van der Waals surface area contributed by atoms with Crippen molar-refractivity contribution in [3.8, 4) is 5.75 Å². The standard InChI is InChI=1S/C41H39BrN6O4/c42-34-20-16-29(17-21-34)26-41(40(50)47-44-28-37(30-10-3-1-4-11-30)31-12-5-2-6-13-31)38(36-15-8-7-14-33(36)27-45-48-43)52-39(46-41)32-18-22-35(23-19-32)51-25-9-24-49/h1-8,10-23,37-38,44,49H,9,24-28H2,(H,47,50)/t38-,41-/m0/s1. The van der Waals surface area contributed by atoms with E-state index in [0.29, 0.717) is 42.3 Å². The molecule has 2 atom stereocenters. The van der Waals surface area contributed by atoms with E-state index in [1.165, 1.54) is 0 Å². The first-order valence-corrected chi connectivity index (χ1v) is 17.9. The fourth-order valence-corrected chi connectivity index (χ4v) is 6.62. The largest absolute Gasteiger partial charge is 0.494 e. The molecule has 5 aromatic rings. The molecule has 0 radical (unpaired) electrons. The summed E-state index contributed by atoms with van der Waals surface area (Å²) in [5.41, 5.74) is 19.2. The molecule has 52 heavy (non-hydrogen) atoms. The number of halogens is 1. The maximum Gasteiger partial charge on any atom is 0.266 e. The molecule has 1 aliphatic rings. The Morgan fingerprint density at radius 3 is 2.23 bits per heavy atom. The minimum absolute atomic E-state index is 0.0394. The third kappa shape index (κ3) is 8.70. The van der Waals surface area contributed by atoms with Crippen molar-refractivity contribution in [2.24, 2.45) is 10.1 Å². The Hall–Kier alpha value is -5.45. The molecule has 10 nitrogen and oxygen atoms in total. The first-order valence-electron chi connectivity index (χ1n) is 17.1. The van der Waals surface area contributed by atoms with E-state index in [1.807, 2.05) is 109 Å². The fourth-order valence-electron chi connectivity index (χ4n) is 6.35. The predicted octanol–water partition coefficient (Wildman–Crippen LogP) is 7.97. The van der Waals surface area contributed by atoms with Crippen LogP contribution in [0.1, 0.15) is 51.8 Å². The topological polar surface area (TPSA) is 141 Å². The molecule has 0 spiro atoms. The van der Waals surface area contributed by atoms with Gasteiger partial charge >= 0.3 is 0 Å². The van der Waals surface area contributed by atoms with Crippen LogP contribution in [0, 0.1) is 0 Å². The molecule has 5 aromatic carbocycles. The van der Waals surface area contributed by atoms with Crippen molar-refractivity contribution in [3.05, 3.63) is 182 Å². The maximum absolute atomic E-state index is 14.9. The van der Waals surface area contributed by atoms with Crippen LogP contribution in [0.15, 0.2) is 148 Å². The van der Waals surface area contributed by atoms with Gasteiger partial charge in [0, 0.05) is 46.9 Å². The number of ether oxygens (including phenoxy) is 2. The van der Waals surface area contributed by atoms with E-state index in [9.17, 15) is 10.3 Å². The number of nitrogens with zero attached hydrogens (tertiary/aromatic N) is 4. The van der Waals surface area contributed by atoms with E-state index in [1.54, 1.807) is 0 Å². The highest BCUT2D eigenvalue weighted by Gasteiger charge is 2.54. The SMILES string of the molecule is [N-]=[N+]=NCc1ccccc1[C@@H]1OC(c2ccc(OCCCO)cc2)=N[C@]1(Cc1ccc(Br)cc1)C(=O)NNCC(c1ccccc1)c1ccccc1. The molecule has 0 saturated heterocycles. The van der Waals surface area contributed by atoms with Crippen LogP contribution in [0.3, 0.4) is 0 Å². The zero-order valence-corrected chi connectivity index (χ0v) is 30.0. The average molecular weight is 760 g/mol. The van der Waals surface area contributed by atoms with Gasteiger partial charge in [0.1, 0.15) is 5.75 Å². The number of carbonyl (C=O) groups excluding carboxylic acids is 1. The highest BCUT2D eigenvalue weighted by Crippen LogP contribution is 2.44. The fraction of sp³-hybridized carbons (Fsp3) is 0.220. The Labute approximate surface area is 311 Å². The molecule has 0 saturated carbocycles. The van der Waals surface area contributed by atoms with E-state index in [4.69, 9.17) is 19.6 Å². The number of nitrogens with one attached hydrogen (secondary N) is 2. The molecule has 0 aromatic heterocycles. The van der Waals surface area contributed by atoms with Crippen molar-refractivity contribution >= 4 is 27.7 Å². The van der Waals surface area contributed by atoms with Gasteiger partial charge in [-0.2, -0.15) is 0 Å². The van der Waals surface area contributed by atoms with E-state index >= 15 is 0 Å². The second-order valence-electron chi connectivity index (χ2n) is 12.4. The number of aliphatic hydroxyl groups excluding tert-OH is 1. The summed E-state index contributed by atoms with van der Waals surface area (Å²) in [4.78, 5) is 23.0. The van der Waals surface area contributed by atoms with Crippen LogP contribution >= 0.6 is 15.9 Å². The lowest BCUT2D eigenvalue weighted by Gasteiger charge is -2.32.